The first-order valence-electron chi connectivity index (χ1n) is 8.93. The molecule has 1 fully saturated rings. The normalized spacial score (nSPS) is 30.6. The van der Waals surface area contributed by atoms with Crippen LogP contribution in [0.5, 0.6) is 0 Å². The van der Waals surface area contributed by atoms with Crippen molar-refractivity contribution in [3.05, 3.63) is 11.6 Å². The number of rotatable bonds is 5. The van der Waals surface area contributed by atoms with Crippen molar-refractivity contribution in [1.29, 1.82) is 0 Å². The van der Waals surface area contributed by atoms with E-state index in [1.54, 1.807) is 0 Å². The summed E-state index contributed by atoms with van der Waals surface area (Å²) >= 11 is 0. The van der Waals surface area contributed by atoms with E-state index in [1.807, 2.05) is 13.8 Å². The summed E-state index contributed by atoms with van der Waals surface area (Å²) in [6.07, 6.45) is 8.86. The highest BCUT2D eigenvalue weighted by Gasteiger charge is 2.47. The molecule has 0 radical (unpaired) electrons. The van der Waals surface area contributed by atoms with Crippen LogP contribution in [0, 0.1) is 22.7 Å². The van der Waals surface area contributed by atoms with Crippen LogP contribution in [-0.2, 0) is 9.59 Å². The molecule has 0 bridgehead atoms. The van der Waals surface area contributed by atoms with Gasteiger partial charge in [0.25, 0.3) is 0 Å². The molecule has 2 atom stereocenters. The second-order valence-electron chi connectivity index (χ2n) is 8.65. The van der Waals surface area contributed by atoms with Crippen molar-refractivity contribution in [2.24, 2.45) is 22.7 Å². The predicted molar refractivity (Wildman–Crippen MR) is 90.6 cm³/mol. The molecule has 0 aliphatic heterocycles. The molecule has 0 amide bonds. The summed E-state index contributed by atoms with van der Waals surface area (Å²) in [6, 6.07) is 0. The average Bonchev–Trinajstić information content (AvgIpc) is 2.42. The van der Waals surface area contributed by atoms with Gasteiger partial charge in [-0.1, -0.05) is 47.1 Å². The second-order valence-corrected chi connectivity index (χ2v) is 8.65. The minimum atomic E-state index is 0.0363. The molecule has 124 valence electrons. The van der Waals surface area contributed by atoms with Gasteiger partial charge in [0.1, 0.15) is 5.78 Å². The summed E-state index contributed by atoms with van der Waals surface area (Å²) in [5.74, 6) is 1.13. The SMILES string of the molecule is CC(C)C(=O)CCC(=O)C1=C[C@@]2(C)CCCC(C)(C)[C@@H]2CC1. The lowest BCUT2D eigenvalue weighted by molar-refractivity contribution is -0.124. The third-order valence-corrected chi connectivity index (χ3v) is 6.08. The average molecular weight is 304 g/mol. The zero-order valence-corrected chi connectivity index (χ0v) is 15.0. The molecule has 2 aliphatic carbocycles. The summed E-state index contributed by atoms with van der Waals surface area (Å²) in [5.41, 5.74) is 1.55. The van der Waals surface area contributed by atoms with E-state index in [1.165, 1.54) is 19.3 Å². The highest BCUT2D eigenvalue weighted by Crippen LogP contribution is 2.56. The quantitative estimate of drug-likeness (QED) is 0.707. The van der Waals surface area contributed by atoms with Crippen LogP contribution in [0.25, 0.3) is 0 Å². The Morgan fingerprint density at radius 2 is 1.86 bits per heavy atom. The molecule has 2 nitrogen and oxygen atoms in total. The van der Waals surface area contributed by atoms with E-state index in [0.29, 0.717) is 24.2 Å². The maximum absolute atomic E-state index is 12.5. The smallest absolute Gasteiger partial charge is 0.159 e. The topological polar surface area (TPSA) is 34.1 Å². The molecule has 0 unspecified atom stereocenters. The predicted octanol–water partition coefficient (Wildman–Crippen LogP) is 5.11. The number of fused-ring (bicyclic) bond motifs is 1. The Balaban J connectivity index is 2.07. The molecule has 0 spiro atoms. The van der Waals surface area contributed by atoms with E-state index in [4.69, 9.17) is 0 Å². The molecule has 0 saturated heterocycles. The van der Waals surface area contributed by atoms with Gasteiger partial charge in [-0.3, -0.25) is 9.59 Å². The fourth-order valence-electron chi connectivity index (χ4n) is 4.74. The van der Waals surface area contributed by atoms with Crippen molar-refractivity contribution in [1.82, 2.24) is 0 Å². The fourth-order valence-corrected chi connectivity index (χ4v) is 4.74. The van der Waals surface area contributed by atoms with Gasteiger partial charge in [-0.15, -0.1) is 0 Å². The van der Waals surface area contributed by atoms with E-state index in [-0.39, 0.29) is 22.9 Å². The van der Waals surface area contributed by atoms with Crippen molar-refractivity contribution >= 4 is 11.6 Å². The van der Waals surface area contributed by atoms with Gasteiger partial charge in [0.15, 0.2) is 5.78 Å². The molecule has 0 aromatic carbocycles. The van der Waals surface area contributed by atoms with Gasteiger partial charge >= 0.3 is 0 Å². The van der Waals surface area contributed by atoms with Gasteiger partial charge < -0.3 is 0 Å². The fraction of sp³-hybridized carbons (Fsp3) is 0.800. The largest absolute Gasteiger partial charge is 0.299 e. The molecule has 22 heavy (non-hydrogen) atoms. The number of Topliss-reactive ketones (excluding diaryl/α,β-unsaturated/α-hetero) is 2. The van der Waals surface area contributed by atoms with E-state index in [9.17, 15) is 9.59 Å². The highest BCUT2D eigenvalue weighted by molar-refractivity contribution is 5.98. The van der Waals surface area contributed by atoms with Crippen LogP contribution in [0.2, 0.25) is 0 Å². The number of allylic oxidation sites excluding steroid dienone is 2. The molecule has 1 saturated carbocycles. The Bertz CT molecular complexity index is 484. The molecule has 0 aromatic rings. The molecule has 0 aromatic heterocycles. The Kier molecular flexibility index (Phi) is 4.99. The van der Waals surface area contributed by atoms with E-state index in [2.05, 4.69) is 26.8 Å². The summed E-state index contributed by atoms with van der Waals surface area (Å²) in [7, 11) is 0. The summed E-state index contributed by atoms with van der Waals surface area (Å²) in [5, 5.41) is 0. The number of ketones is 2. The van der Waals surface area contributed by atoms with E-state index < -0.39 is 0 Å². The molecule has 2 rings (SSSR count). The van der Waals surface area contributed by atoms with Crippen molar-refractivity contribution < 1.29 is 9.59 Å². The van der Waals surface area contributed by atoms with E-state index >= 15 is 0 Å². The van der Waals surface area contributed by atoms with Gasteiger partial charge in [-0.05, 0) is 48.0 Å². The van der Waals surface area contributed by atoms with Crippen LogP contribution in [0.15, 0.2) is 11.6 Å². The zero-order valence-electron chi connectivity index (χ0n) is 15.0. The number of carbonyl (C=O) groups is 2. The van der Waals surface area contributed by atoms with Gasteiger partial charge in [0.05, 0.1) is 0 Å². The molecular formula is C20H32O2. The lowest BCUT2D eigenvalue weighted by Crippen LogP contribution is -2.43. The van der Waals surface area contributed by atoms with Crippen LogP contribution < -0.4 is 0 Å². The minimum absolute atomic E-state index is 0.0363. The van der Waals surface area contributed by atoms with Crippen LogP contribution in [0.3, 0.4) is 0 Å². The molecule has 0 N–H and O–H groups in total. The molecule has 0 heterocycles. The Morgan fingerprint density at radius 1 is 1.18 bits per heavy atom. The third-order valence-electron chi connectivity index (χ3n) is 6.08. The standard InChI is InChI=1S/C20H32O2/c1-14(2)16(21)8-9-17(22)15-7-10-18-19(3,4)11-6-12-20(18,5)13-15/h13-14,18H,6-12H2,1-5H3/t18-,20+/m0/s1. The van der Waals surface area contributed by atoms with Gasteiger partial charge in [0.2, 0.25) is 0 Å². The lowest BCUT2D eigenvalue weighted by atomic mass is 9.53. The highest BCUT2D eigenvalue weighted by atomic mass is 16.1. The minimum Gasteiger partial charge on any atom is -0.299 e. The van der Waals surface area contributed by atoms with Gasteiger partial charge in [-0.2, -0.15) is 0 Å². The first-order chi connectivity index (χ1) is 10.2. The Morgan fingerprint density at radius 3 is 2.50 bits per heavy atom. The van der Waals surface area contributed by atoms with Gasteiger partial charge in [0, 0.05) is 18.8 Å². The van der Waals surface area contributed by atoms with E-state index in [0.717, 1.165) is 18.4 Å². The summed E-state index contributed by atoms with van der Waals surface area (Å²) in [6.45, 7) is 10.9. The van der Waals surface area contributed by atoms with Crippen molar-refractivity contribution in [2.75, 3.05) is 0 Å². The molecular weight excluding hydrogens is 272 g/mol. The third kappa shape index (κ3) is 3.52. The summed E-state index contributed by atoms with van der Waals surface area (Å²) < 4.78 is 0. The van der Waals surface area contributed by atoms with Crippen molar-refractivity contribution in [3.63, 3.8) is 0 Å². The van der Waals surface area contributed by atoms with Crippen molar-refractivity contribution in [3.8, 4) is 0 Å². The van der Waals surface area contributed by atoms with Crippen LogP contribution in [0.4, 0.5) is 0 Å². The molecule has 2 heteroatoms. The van der Waals surface area contributed by atoms with Crippen LogP contribution >= 0.6 is 0 Å². The van der Waals surface area contributed by atoms with Crippen molar-refractivity contribution in [2.45, 2.75) is 79.6 Å². The molecule has 2 aliphatic rings. The number of hydrogen-bond donors (Lipinski definition) is 0. The Labute approximate surface area is 135 Å². The second kappa shape index (κ2) is 6.29. The monoisotopic (exact) mass is 304 g/mol. The maximum Gasteiger partial charge on any atom is 0.159 e. The number of hydrogen-bond acceptors (Lipinski definition) is 2. The van der Waals surface area contributed by atoms with Crippen LogP contribution in [0.1, 0.15) is 79.6 Å². The maximum atomic E-state index is 12.5. The lowest BCUT2D eigenvalue weighted by Gasteiger charge is -2.52. The van der Waals surface area contributed by atoms with Crippen LogP contribution in [-0.4, -0.2) is 11.6 Å². The Hall–Kier alpha value is -0.920. The first kappa shape index (κ1) is 17.4. The van der Waals surface area contributed by atoms with Gasteiger partial charge in [-0.25, -0.2) is 0 Å². The summed E-state index contributed by atoms with van der Waals surface area (Å²) in [4.78, 5) is 24.2. The first-order valence-corrected chi connectivity index (χ1v) is 8.93. The zero-order chi connectivity index (χ0) is 16.5. The number of carbonyl (C=O) groups excluding carboxylic acids is 2.